The molecule has 4 rings (SSSR count). The van der Waals surface area contributed by atoms with Gasteiger partial charge in [-0.3, -0.25) is 14.8 Å². The van der Waals surface area contributed by atoms with Crippen LogP contribution in [-0.2, 0) is 0 Å². The lowest BCUT2D eigenvalue weighted by atomic mass is 10.4. The molecular weight excluding hydrogens is 310 g/mol. The maximum atomic E-state index is 10.2. The second-order valence-corrected chi connectivity index (χ2v) is 4.43. The van der Waals surface area contributed by atoms with Crippen LogP contribution in [0.4, 0.5) is 0 Å². The molecule has 1 N–H and O–H groups in total. The third-order valence-corrected chi connectivity index (χ3v) is 2.48. The number of nitrogens with zero attached hydrogens (tertiary/aromatic N) is 2. The first-order valence-electron chi connectivity index (χ1n) is 7.73. The summed E-state index contributed by atoms with van der Waals surface area (Å²) in [4.78, 5) is 20.3. The highest BCUT2D eigenvalue weighted by Gasteiger charge is 1.69. The Morgan fingerprint density at radius 2 is 0.920 bits per heavy atom. The Hall–Kier alpha value is -3.53. The third kappa shape index (κ3) is 13.8. The fraction of sp³-hybridized carbons (Fsp3) is 0. The molecule has 25 heavy (non-hydrogen) atoms. The van der Waals surface area contributed by atoms with Gasteiger partial charge in [-0.2, -0.15) is 0 Å². The molecule has 0 amide bonds. The van der Waals surface area contributed by atoms with Crippen LogP contribution in [0, 0.1) is 0 Å². The summed E-state index contributed by atoms with van der Waals surface area (Å²) < 4.78 is 0. The molecule has 4 nitrogen and oxygen atoms in total. The smallest absolute Gasteiger partial charge is 0.247 e. The number of pyridine rings is 3. The zero-order chi connectivity index (χ0) is 17.8. The van der Waals surface area contributed by atoms with Crippen molar-refractivity contribution in [1.82, 2.24) is 15.0 Å². The van der Waals surface area contributed by atoms with Crippen LogP contribution < -0.4 is 5.56 Å². The molecule has 3 aromatic heterocycles. The summed E-state index contributed by atoms with van der Waals surface area (Å²) in [5, 5.41) is 0. The van der Waals surface area contributed by atoms with Gasteiger partial charge in [0, 0.05) is 37.1 Å². The van der Waals surface area contributed by atoms with Crippen LogP contribution in [0.2, 0.25) is 0 Å². The number of hydrogen-bond donors (Lipinski definition) is 1. The molecule has 0 fully saturated rings. The van der Waals surface area contributed by atoms with E-state index in [0.717, 1.165) is 0 Å². The summed E-state index contributed by atoms with van der Waals surface area (Å²) in [5.74, 6) is 0. The molecule has 126 valence electrons. The van der Waals surface area contributed by atoms with Crippen LogP contribution in [0.1, 0.15) is 0 Å². The molecule has 1 aromatic carbocycles. The summed E-state index contributed by atoms with van der Waals surface area (Å²) in [7, 11) is 0. The van der Waals surface area contributed by atoms with E-state index in [4.69, 9.17) is 0 Å². The predicted molar refractivity (Wildman–Crippen MR) is 102 cm³/mol. The van der Waals surface area contributed by atoms with E-state index in [9.17, 15) is 4.79 Å². The number of hydrogen-bond acceptors (Lipinski definition) is 3. The van der Waals surface area contributed by atoms with E-state index in [1.54, 1.807) is 43.1 Å². The van der Waals surface area contributed by atoms with Gasteiger partial charge in [0.15, 0.2) is 0 Å². The maximum absolute atomic E-state index is 10.2. The van der Waals surface area contributed by atoms with Gasteiger partial charge < -0.3 is 4.98 Å². The number of aromatic nitrogens is 3. The summed E-state index contributed by atoms with van der Waals surface area (Å²) in [6.45, 7) is 0. The van der Waals surface area contributed by atoms with Crippen molar-refractivity contribution in [2.24, 2.45) is 0 Å². The van der Waals surface area contributed by atoms with Crippen LogP contribution in [0.5, 0.6) is 0 Å². The molecule has 0 saturated carbocycles. The second-order valence-electron chi connectivity index (χ2n) is 4.43. The molecular formula is C21H21N3O. The summed E-state index contributed by atoms with van der Waals surface area (Å²) in [6, 6.07) is 28.4. The average molecular weight is 331 g/mol. The van der Waals surface area contributed by atoms with E-state index in [2.05, 4.69) is 15.0 Å². The summed E-state index contributed by atoms with van der Waals surface area (Å²) >= 11 is 0. The molecule has 0 spiro atoms. The highest BCUT2D eigenvalue weighted by atomic mass is 16.1. The SMILES string of the molecule is O=c1cccc[nH]1.c1ccccc1.c1ccncc1.c1ccncc1. The molecule has 0 radical (unpaired) electrons. The first-order valence-corrected chi connectivity index (χ1v) is 7.73. The fourth-order valence-corrected chi connectivity index (χ4v) is 1.39. The highest BCUT2D eigenvalue weighted by molar-refractivity contribution is 4.99. The van der Waals surface area contributed by atoms with Crippen LogP contribution >= 0.6 is 0 Å². The molecule has 4 heteroatoms. The number of rotatable bonds is 0. The van der Waals surface area contributed by atoms with Crippen molar-refractivity contribution in [1.29, 1.82) is 0 Å². The van der Waals surface area contributed by atoms with Gasteiger partial charge >= 0.3 is 0 Å². The molecule has 0 aliphatic heterocycles. The standard InChI is InChI=1S/C6H6.C5H5NO.2C5H5N/c1-2-4-6-5-3-1;7-5-3-1-2-4-6-5;2*1-2-4-6-5-3-1/h1-6H;1-4H,(H,6,7);2*1-5H. The van der Waals surface area contributed by atoms with Crippen molar-refractivity contribution >= 4 is 0 Å². The number of nitrogens with one attached hydrogen (secondary N) is 1. The predicted octanol–water partition coefficient (Wildman–Crippen LogP) is 4.22. The molecule has 0 saturated heterocycles. The molecule has 0 unspecified atom stereocenters. The normalized spacial score (nSPS) is 8.16. The Labute approximate surface area is 147 Å². The van der Waals surface area contributed by atoms with E-state index >= 15 is 0 Å². The molecule has 0 aliphatic rings. The minimum atomic E-state index is -0.0532. The van der Waals surface area contributed by atoms with Gasteiger partial charge in [-0.25, -0.2) is 0 Å². The van der Waals surface area contributed by atoms with E-state index < -0.39 is 0 Å². The second kappa shape index (κ2) is 15.4. The zero-order valence-corrected chi connectivity index (χ0v) is 13.8. The van der Waals surface area contributed by atoms with Gasteiger partial charge in [0.2, 0.25) is 5.56 Å². The van der Waals surface area contributed by atoms with Crippen molar-refractivity contribution < 1.29 is 0 Å². The molecule has 4 aromatic rings. The molecule has 0 bridgehead atoms. The number of aromatic amines is 1. The van der Waals surface area contributed by atoms with E-state index in [1.165, 1.54) is 6.07 Å². The topological polar surface area (TPSA) is 58.6 Å². The lowest BCUT2D eigenvalue weighted by molar-refractivity contribution is 1.24. The highest BCUT2D eigenvalue weighted by Crippen LogP contribution is 1.80. The molecule has 0 aliphatic carbocycles. The van der Waals surface area contributed by atoms with E-state index in [0.29, 0.717) is 0 Å². The fourth-order valence-electron chi connectivity index (χ4n) is 1.39. The lowest BCUT2D eigenvalue weighted by Crippen LogP contribution is -1.98. The summed E-state index contributed by atoms with van der Waals surface area (Å²) in [6.07, 6.45) is 8.60. The third-order valence-electron chi connectivity index (χ3n) is 2.48. The van der Waals surface area contributed by atoms with Gasteiger partial charge in [0.05, 0.1) is 0 Å². The van der Waals surface area contributed by atoms with Crippen molar-refractivity contribution in [2.75, 3.05) is 0 Å². The monoisotopic (exact) mass is 331 g/mol. The zero-order valence-electron chi connectivity index (χ0n) is 13.8. The Balaban J connectivity index is 0.000000167. The molecule has 3 heterocycles. The first kappa shape index (κ1) is 19.5. The Kier molecular flexibility index (Phi) is 12.0. The van der Waals surface area contributed by atoms with Gasteiger partial charge in [0.25, 0.3) is 0 Å². The van der Waals surface area contributed by atoms with Crippen molar-refractivity contribution in [3.63, 3.8) is 0 Å². The average Bonchev–Trinajstić information content (AvgIpc) is 2.74. The van der Waals surface area contributed by atoms with Crippen LogP contribution in [0.3, 0.4) is 0 Å². The molecule has 0 atom stereocenters. The quantitative estimate of drug-likeness (QED) is 0.525. The van der Waals surface area contributed by atoms with Gasteiger partial charge in [-0.1, -0.05) is 54.6 Å². The van der Waals surface area contributed by atoms with Gasteiger partial charge in [0.1, 0.15) is 0 Å². The van der Waals surface area contributed by atoms with Crippen LogP contribution in [0.15, 0.2) is 127 Å². The minimum Gasteiger partial charge on any atom is -0.329 e. The van der Waals surface area contributed by atoms with Crippen LogP contribution in [-0.4, -0.2) is 15.0 Å². The number of H-pyrrole nitrogens is 1. The maximum Gasteiger partial charge on any atom is 0.247 e. The largest absolute Gasteiger partial charge is 0.329 e. The Bertz CT molecular complexity index is 603. The Morgan fingerprint density at radius 1 is 0.520 bits per heavy atom. The van der Waals surface area contributed by atoms with Gasteiger partial charge in [-0.15, -0.1) is 0 Å². The van der Waals surface area contributed by atoms with Crippen molar-refractivity contribution in [2.45, 2.75) is 0 Å². The summed E-state index contributed by atoms with van der Waals surface area (Å²) in [5.41, 5.74) is -0.0532. The van der Waals surface area contributed by atoms with Crippen molar-refractivity contribution in [3.8, 4) is 0 Å². The minimum absolute atomic E-state index is 0.0532. The van der Waals surface area contributed by atoms with E-state index in [1.807, 2.05) is 72.8 Å². The lowest BCUT2D eigenvalue weighted by Gasteiger charge is -1.73. The Morgan fingerprint density at radius 3 is 1.08 bits per heavy atom. The van der Waals surface area contributed by atoms with E-state index in [-0.39, 0.29) is 5.56 Å². The first-order chi connectivity index (χ1) is 12.4. The van der Waals surface area contributed by atoms with Gasteiger partial charge in [-0.05, 0) is 30.3 Å². The number of benzene rings is 1. The van der Waals surface area contributed by atoms with Crippen molar-refractivity contribution in [3.05, 3.63) is 132 Å². The van der Waals surface area contributed by atoms with Crippen LogP contribution in [0.25, 0.3) is 0 Å².